The first kappa shape index (κ1) is 20.9. The molecule has 0 aliphatic carbocycles. The van der Waals surface area contributed by atoms with E-state index < -0.39 is 11.9 Å². The molecule has 150 valence electrons. The van der Waals surface area contributed by atoms with Crippen LogP contribution >= 0.6 is 39.0 Å². The normalized spacial score (nSPS) is 13.8. The lowest BCUT2D eigenvalue weighted by Gasteiger charge is -2.25. The fourth-order valence-corrected chi connectivity index (χ4v) is 4.25. The van der Waals surface area contributed by atoms with Crippen molar-refractivity contribution in [1.82, 2.24) is 21.2 Å². The minimum Gasteiger partial charge on any atom is -0.378 e. The van der Waals surface area contributed by atoms with Crippen LogP contribution in [0.25, 0.3) is 0 Å². The second-order valence-corrected chi connectivity index (χ2v) is 8.67. The van der Waals surface area contributed by atoms with Crippen molar-refractivity contribution in [2.75, 3.05) is 43.5 Å². The highest BCUT2D eigenvalue weighted by Gasteiger charge is 2.17. The highest BCUT2D eigenvalue weighted by Crippen LogP contribution is 2.21. The topological polar surface area (TPSA) is 95.6 Å². The minimum atomic E-state index is -0.464. The molecule has 0 spiro atoms. The first-order valence-electron chi connectivity index (χ1n) is 8.62. The van der Waals surface area contributed by atoms with E-state index in [1.807, 2.05) is 24.3 Å². The number of hydrogen-bond donors (Lipinski definition) is 3. The number of thiazole rings is 1. The van der Waals surface area contributed by atoms with Crippen molar-refractivity contribution in [3.63, 3.8) is 0 Å². The molecule has 1 aromatic carbocycles. The summed E-state index contributed by atoms with van der Waals surface area (Å²) in [5.41, 5.74) is 4.99. The Morgan fingerprint density at radius 1 is 1.21 bits per heavy atom. The Morgan fingerprint density at radius 2 is 1.96 bits per heavy atom. The highest BCUT2D eigenvalue weighted by molar-refractivity contribution is 9.10. The van der Waals surface area contributed by atoms with Gasteiger partial charge in [0, 0.05) is 40.1 Å². The van der Waals surface area contributed by atoms with Crippen molar-refractivity contribution in [2.24, 2.45) is 0 Å². The van der Waals surface area contributed by atoms with E-state index in [-0.39, 0.29) is 5.69 Å². The number of amides is 3. The van der Waals surface area contributed by atoms with Crippen LogP contribution in [0.3, 0.4) is 0 Å². The SMILES string of the molecule is O=C(NCCSc1ccc(Br)cc1)NNC(=O)c1csc(N2CCOCC2)n1. The maximum absolute atomic E-state index is 12.1. The lowest BCUT2D eigenvalue weighted by atomic mass is 10.4. The van der Waals surface area contributed by atoms with Gasteiger partial charge in [0.15, 0.2) is 5.13 Å². The van der Waals surface area contributed by atoms with Crippen LogP contribution in [0.1, 0.15) is 10.5 Å². The number of ether oxygens (including phenoxy) is 1. The van der Waals surface area contributed by atoms with Crippen LogP contribution in [-0.2, 0) is 4.74 Å². The second kappa shape index (κ2) is 10.6. The molecule has 0 bridgehead atoms. The quantitative estimate of drug-likeness (QED) is 0.330. The second-order valence-electron chi connectivity index (χ2n) is 5.75. The summed E-state index contributed by atoms with van der Waals surface area (Å²) >= 11 is 6.43. The predicted octanol–water partition coefficient (Wildman–Crippen LogP) is 2.48. The van der Waals surface area contributed by atoms with E-state index in [0.717, 1.165) is 33.3 Å². The van der Waals surface area contributed by atoms with Gasteiger partial charge in [-0.1, -0.05) is 15.9 Å². The van der Waals surface area contributed by atoms with Crippen molar-refractivity contribution in [1.29, 1.82) is 0 Å². The van der Waals surface area contributed by atoms with Crippen LogP contribution in [0.2, 0.25) is 0 Å². The van der Waals surface area contributed by atoms with Crippen LogP contribution in [0.5, 0.6) is 0 Å². The van der Waals surface area contributed by atoms with Crippen molar-refractivity contribution in [3.8, 4) is 0 Å². The number of carbonyl (C=O) groups is 2. The largest absolute Gasteiger partial charge is 0.378 e. The van der Waals surface area contributed by atoms with Gasteiger partial charge in [0.2, 0.25) is 0 Å². The summed E-state index contributed by atoms with van der Waals surface area (Å²) in [4.78, 5) is 31.4. The molecule has 0 unspecified atom stereocenters. The van der Waals surface area contributed by atoms with Gasteiger partial charge in [0.25, 0.3) is 5.91 Å². The van der Waals surface area contributed by atoms with Gasteiger partial charge in [-0.3, -0.25) is 10.2 Å². The number of hydrazine groups is 1. The molecule has 3 N–H and O–H groups in total. The molecule has 3 rings (SSSR count). The van der Waals surface area contributed by atoms with E-state index in [1.54, 1.807) is 17.1 Å². The van der Waals surface area contributed by atoms with Gasteiger partial charge in [0.05, 0.1) is 13.2 Å². The molecule has 28 heavy (non-hydrogen) atoms. The molecule has 2 aromatic rings. The maximum atomic E-state index is 12.1. The van der Waals surface area contributed by atoms with E-state index in [9.17, 15) is 9.59 Å². The lowest BCUT2D eigenvalue weighted by Crippen LogP contribution is -2.47. The zero-order valence-electron chi connectivity index (χ0n) is 14.9. The molecule has 1 aliphatic rings. The summed E-state index contributed by atoms with van der Waals surface area (Å²) < 4.78 is 6.34. The summed E-state index contributed by atoms with van der Waals surface area (Å²) in [5, 5.41) is 5.15. The molecule has 8 nitrogen and oxygen atoms in total. The van der Waals surface area contributed by atoms with Gasteiger partial charge in [-0.25, -0.2) is 15.2 Å². The number of urea groups is 1. The smallest absolute Gasteiger partial charge is 0.333 e. The standard InChI is InChI=1S/C17H20BrN5O3S2/c18-12-1-3-13(4-2-12)27-10-5-19-16(25)22-21-15(24)14-11-28-17(20-14)23-6-8-26-9-7-23/h1-4,11H,5-10H2,(H,21,24)(H2,19,22,25). The van der Waals surface area contributed by atoms with Crippen LogP contribution in [-0.4, -0.2) is 55.5 Å². The van der Waals surface area contributed by atoms with Gasteiger partial charge < -0.3 is 15.0 Å². The number of morpholine rings is 1. The van der Waals surface area contributed by atoms with E-state index in [0.29, 0.717) is 19.8 Å². The van der Waals surface area contributed by atoms with Gasteiger partial charge in [0.1, 0.15) is 5.69 Å². The molecule has 0 radical (unpaired) electrons. The third kappa shape index (κ3) is 6.36. The van der Waals surface area contributed by atoms with Gasteiger partial charge in [-0.2, -0.15) is 0 Å². The van der Waals surface area contributed by atoms with Crippen molar-refractivity contribution >= 4 is 56.1 Å². The Kier molecular flexibility index (Phi) is 7.95. The fourth-order valence-electron chi connectivity index (χ4n) is 2.35. The number of anilines is 1. The summed E-state index contributed by atoms with van der Waals surface area (Å²) in [5.74, 6) is 0.271. The van der Waals surface area contributed by atoms with Crippen LogP contribution in [0, 0.1) is 0 Å². The molecule has 1 fully saturated rings. The number of rotatable bonds is 6. The minimum absolute atomic E-state index is 0.276. The summed E-state index contributed by atoms with van der Waals surface area (Å²) in [6.45, 7) is 3.30. The Hall–Kier alpha value is -1.82. The summed E-state index contributed by atoms with van der Waals surface area (Å²) in [7, 11) is 0. The molecule has 3 amide bonds. The van der Waals surface area contributed by atoms with E-state index in [4.69, 9.17) is 4.74 Å². The molecule has 2 heterocycles. The maximum Gasteiger partial charge on any atom is 0.333 e. The third-order valence-corrected chi connectivity index (χ3v) is 6.21. The molecule has 11 heteroatoms. The first-order chi connectivity index (χ1) is 13.6. The zero-order chi connectivity index (χ0) is 19.8. The summed E-state index contributed by atoms with van der Waals surface area (Å²) in [6, 6.07) is 7.50. The number of carbonyl (C=O) groups excluding carboxylic acids is 2. The number of nitrogens with one attached hydrogen (secondary N) is 3. The van der Waals surface area contributed by atoms with Crippen molar-refractivity contribution < 1.29 is 14.3 Å². The van der Waals surface area contributed by atoms with Crippen molar-refractivity contribution in [2.45, 2.75) is 4.90 Å². The van der Waals surface area contributed by atoms with E-state index >= 15 is 0 Å². The Labute approximate surface area is 179 Å². The number of halogens is 1. The van der Waals surface area contributed by atoms with Gasteiger partial charge >= 0.3 is 6.03 Å². The zero-order valence-corrected chi connectivity index (χ0v) is 18.2. The molecule has 1 aromatic heterocycles. The number of hydrogen-bond acceptors (Lipinski definition) is 7. The van der Waals surface area contributed by atoms with Crippen molar-refractivity contribution in [3.05, 3.63) is 39.8 Å². The highest BCUT2D eigenvalue weighted by atomic mass is 79.9. The van der Waals surface area contributed by atoms with Gasteiger partial charge in [-0.15, -0.1) is 23.1 Å². The molecule has 1 saturated heterocycles. The van der Waals surface area contributed by atoms with Gasteiger partial charge in [-0.05, 0) is 24.3 Å². The molecular formula is C17H20BrN5O3S2. The summed E-state index contributed by atoms with van der Waals surface area (Å²) in [6.07, 6.45) is 0. The Morgan fingerprint density at radius 3 is 2.71 bits per heavy atom. The van der Waals surface area contributed by atoms with Crippen LogP contribution in [0.15, 0.2) is 39.0 Å². The number of aromatic nitrogens is 1. The Balaban J connectivity index is 1.34. The predicted molar refractivity (Wildman–Crippen MR) is 114 cm³/mol. The number of benzene rings is 1. The molecular weight excluding hydrogens is 466 g/mol. The Bertz CT molecular complexity index is 796. The first-order valence-corrected chi connectivity index (χ1v) is 11.3. The number of nitrogens with zero attached hydrogens (tertiary/aromatic N) is 2. The van der Waals surface area contributed by atoms with Crippen LogP contribution < -0.4 is 21.1 Å². The van der Waals surface area contributed by atoms with Crippen LogP contribution in [0.4, 0.5) is 9.93 Å². The average Bonchev–Trinajstić information content (AvgIpc) is 3.22. The van der Waals surface area contributed by atoms with E-state index in [2.05, 4.69) is 42.0 Å². The lowest BCUT2D eigenvalue weighted by molar-refractivity contribution is 0.0932. The van der Waals surface area contributed by atoms with E-state index in [1.165, 1.54) is 11.3 Å². The average molecular weight is 486 g/mol. The number of thioether (sulfide) groups is 1. The molecule has 1 aliphatic heterocycles. The molecule has 0 saturated carbocycles. The third-order valence-electron chi connectivity index (χ3n) is 3.77. The monoisotopic (exact) mass is 485 g/mol. The molecule has 0 atom stereocenters. The fraction of sp³-hybridized carbons (Fsp3) is 0.353.